The summed E-state index contributed by atoms with van der Waals surface area (Å²) in [6.45, 7) is 5.19. The summed E-state index contributed by atoms with van der Waals surface area (Å²) in [5.41, 5.74) is 0. The third-order valence-electron chi connectivity index (χ3n) is 10.2. The number of allylic oxidation sites excluding steroid dienone is 14. The van der Waals surface area contributed by atoms with Gasteiger partial charge in [0.1, 0.15) is 6.10 Å². The predicted octanol–water partition coefficient (Wildman–Crippen LogP) is 16.3. The summed E-state index contributed by atoms with van der Waals surface area (Å²) >= 11 is 0. The van der Waals surface area contributed by atoms with Gasteiger partial charge in [0.15, 0.2) is 0 Å². The molecule has 1 N–H and O–H groups in total. The monoisotopic (exact) mass is 793 g/mol. The Morgan fingerprint density at radius 1 is 0.439 bits per heavy atom. The van der Waals surface area contributed by atoms with Crippen LogP contribution in [0.5, 0.6) is 0 Å². The molecule has 0 aliphatic carbocycles. The molecule has 0 aliphatic rings. The van der Waals surface area contributed by atoms with Gasteiger partial charge in [-0.3, -0.25) is 4.79 Å². The molecule has 0 aliphatic heterocycles. The zero-order valence-corrected chi connectivity index (χ0v) is 37.6. The van der Waals surface area contributed by atoms with Gasteiger partial charge in [-0.15, -0.1) is 0 Å². The van der Waals surface area contributed by atoms with Crippen LogP contribution in [0.1, 0.15) is 219 Å². The normalized spacial score (nSPS) is 13.1. The van der Waals surface area contributed by atoms with Gasteiger partial charge in [-0.2, -0.15) is 0 Å². The Labute approximate surface area is 354 Å². The Morgan fingerprint density at radius 2 is 0.789 bits per heavy atom. The van der Waals surface area contributed by atoms with Gasteiger partial charge >= 0.3 is 5.97 Å². The predicted molar refractivity (Wildman–Crippen MR) is 251 cm³/mol. The largest absolute Gasteiger partial charge is 0.457 e. The number of esters is 1. The molecule has 1 unspecified atom stereocenters. The zero-order chi connectivity index (χ0) is 41.2. The number of hydrogen-bond acceptors (Lipinski definition) is 4. The van der Waals surface area contributed by atoms with Crippen LogP contribution in [-0.4, -0.2) is 37.0 Å². The number of ether oxygens (including phenoxy) is 2. The van der Waals surface area contributed by atoms with E-state index >= 15 is 0 Å². The minimum Gasteiger partial charge on any atom is -0.457 e. The highest BCUT2D eigenvalue weighted by molar-refractivity contribution is 5.69. The molecule has 0 amide bonds. The van der Waals surface area contributed by atoms with Gasteiger partial charge in [0.25, 0.3) is 0 Å². The lowest BCUT2D eigenvalue weighted by atomic mass is 10.0. The maximum atomic E-state index is 12.2. The molecule has 0 radical (unpaired) electrons. The summed E-state index contributed by atoms with van der Waals surface area (Å²) in [4.78, 5) is 12.2. The van der Waals surface area contributed by atoms with Crippen molar-refractivity contribution in [2.75, 3.05) is 19.8 Å². The van der Waals surface area contributed by atoms with E-state index in [0.29, 0.717) is 13.0 Å². The van der Waals surface area contributed by atoms with Gasteiger partial charge < -0.3 is 14.6 Å². The molecule has 57 heavy (non-hydrogen) atoms. The van der Waals surface area contributed by atoms with Gasteiger partial charge in [0.2, 0.25) is 0 Å². The number of hydrogen-bond donors (Lipinski definition) is 1. The maximum Gasteiger partial charge on any atom is 0.306 e. The second kappa shape index (κ2) is 49.7. The number of aliphatic hydroxyl groups is 1. The third-order valence-corrected chi connectivity index (χ3v) is 10.2. The summed E-state index contributed by atoms with van der Waals surface area (Å²) in [7, 11) is 0. The highest BCUT2D eigenvalue weighted by Crippen LogP contribution is 2.14. The van der Waals surface area contributed by atoms with Crippen LogP contribution < -0.4 is 0 Å². The van der Waals surface area contributed by atoms with Crippen LogP contribution in [0.25, 0.3) is 0 Å². The molecule has 0 saturated heterocycles. The summed E-state index contributed by atoms with van der Waals surface area (Å²) in [5.74, 6) is -0.215. The molecule has 4 heteroatoms. The first-order valence-electron chi connectivity index (χ1n) is 24.2. The first kappa shape index (κ1) is 54.6. The molecular weight excluding hydrogens is 701 g/mol. The van der Waals surface area contributed by atoms with Crippen molar-refractivity contribution < 1.29 is 19.4 Å². The Hall–Kier alpha value is -2.43. The van der Waals surface area contributed by atoms with E-state index < -0.39 is 6.10 Å². The number of rotatable bonds is 44. The molecule has 0 heterocycles. The second-order valence-electron chi connectivity index (χ2n) is 15.8. The van der Waals surface area contributed by atoms with Gasteiger partial charge in [-0.1, -0.05) is 208 Å². The number of aliphatic hydroxyl groups excluding tert-OH is 1. The Kier molecular flexibility index (Phi) is 47.6. The van der Waals surface area contributed by atoms with Crippen molar-refractivity contribution in [1.82, 2.24) is 0 Å². The lowest BCUT2D eigenvalue weighted by Gasteiger charge is -2.16. The topological polar surface area (TPSA) is 55.8 Å². The van der Waals surface area contributed by atoms with E-state index in [1.54, 1.807) is 0 Å². The first-order chi connectivity index (χ1) is 28.2. The Balaban J connectivity index is 3.45. The fraction of sp³-hybridized carbons (Fsp3) is 0.717. The molecule has 0 aromatic carbocycles. The Morgan fingerprint density at radius 3 is 1.19 bits per heavy atom. The van der Waals surface area contributed by atoms with Crippen molar-refractivity contribution >= 4 is 5.97 Å². The van der Waals surface area contributed by atoms with Gasteiger partial charge in [-0.25, -0.2) is 0 Å². The summed E-state index contributed by atoms with van der Waals surface area (Å²) < 4.78 is 11.2. The molecule has 0 spiro atoms. The van der Waals surface area contributed by atoms with Crippen LogP contribution in [0.2, 0.25) is 0 Å². The molecular formula is C53H92O4. The van der Waals surface area contributed by atoms with Crippen molar-refractivity contribution in [3.05, 3.63) is 85.1 Å². The molecule has 0 bridgehead atoms. The molecule has 0 saturated carbocycles. The lowest BCUT2D eigenvalue weighted by Crippen LogP contribution is -2.27. The number of carbonyl (C=O) groups excluding carboxylic acids is 1. The standard InChI is InChI=1S/C53H92O4/c1-3-5-7-9-11-13-15-17-19-21-23-24-25-26-27-28-29-31-33-35-37-39-41-43-45-47-49-56-51-52(50-54)57-53(55)48-46-44-42-40-38-36-34-32-30-22-20-18-16-14-12-10-8-6-4-2/h5,7,11-14,17-20,23-24,30,32,52,54H,3-4,6,8-10,15-16,21-22,25-29,31,33-51H2,1-2H3/b7-5-,13-11-,14-12-,19-17-,20-18-,24-23-,32-30-. The van der Waals surface area contributed by atoms with E-state index in [0.717, 1.165) is 70.6 Å². The summed E-state index contributed by atoms with van der Waals surface area (Å²) in [6.07, 6.45) is 69.5. The summed E-state index contributed by atoms with van der Waals surface area (Å²) in [5, 5.41) is 9.64. The van der Waals surface area contributed by atoms with Gasteiger partial charge in [0.05, 0.1) is 13.2 Å². The van der Waals surface area contributed by atoms with Crippen molar-refractivity contribution in [1.29, 1.82) is 0 Å². The quantitative estimate of drug-likeness (QED) is 0.0379. The molecule has 0 fully saturated rings. The van der Waals surface area contributed by atoms with Crippen molar-refractivity contribution in [2.24, 2.45) is 0 Å². The third kappa shape index (κ3) is 47.8. The average molecular weight is 793 g/mol. The van der Waals surface area contributed by atoms with Crippen molar-refractivity contribution in [3.8, 4) is 0 Å². The van der Waals surface area contributed by atoms with Crippen LogP contribution in [-0.2, 0) is 14.3 Å². The Bertz CT molecular complexity index is 1020. The van der Waals surface area contributed by atoms with Gasteiger partial charge in [0, 0.05) is 13.0 Å². The number of carbonyl (C=O) groups is 1. The number of unbranched alkanes of at least 4 members (excludes halogenated alkanes) is 22. The van der Waals surface area contributed by atoms with Crippen LogP contribution in [0.4, 0.5) is 0 Å². The van der Waals surface area contributed by atoms with Crippen LogP contribution in [0.3, 0.4) is 0 Å². The van der Waals surface area contributed by atoms with E-state index in [1.807, 2.05) is 0 Å². The lowest BCUT2D eigenvalue weighted by molar-refractivity contribution is -0.154. The molecule has 1 atom stereocenters. The van der Waals surface area contributed by atoms with Crippen LogP contribution >= 0.6 is 0 Å². The molecule has 0 rings (SSSR count). The molecule has 0 aromatic rings. The van der Waals surface area contributed by atoms with Crippen molar-refractivity contribution in [3.63, 3.8) is 0 Å². The van der Waals surface area contributed by atoms with E-state index in [9.17, 15) is 9.90 Å². The highest BCUT2D eigenvalue weighted by atomic mass is 16.6. The van der Waals surface area contributed by atoms with E-state index in [2.05, 4.69) is 98.9 Å². The van der Waals surface area contributed by atoms with E-state index in [-0.39, 0.29) is 19.2 Å². The fourth-order valence-electron chi connectivity index (χ4n) is 6.62. The molecule has 4 nitrogen and oxygen atoms in total. The minimum absolute atomic E-state index is 0.181. The smallest absolute Gasteiger partial charge is 0.306 e. The van der Waals surface area contributed by atoms with Gasteiger partial charge in [-0.05, 0) is 89.9 Å². The maximum absolute atomic E-state index is 12.2. The zero-order valence-electron chi connectivity index (χ0n) is 37.6. The summed E-state index contributed by atoms with van der Waals surface area (Å²) in [6, 6.07) is 0. The minimum atomic E-state index is -0.547. The highest BCUT2D eigenvalue weighted by Gasteiger charge is 2.13. The SMILES string of the molecule is CC/C=C\C/C=C\C/C=C\C/C=C\CCCCCCCCCCCCCCCOCC(CO)OC(=O)CCCCCCCC/C=C\C/C=C\C/C=C\CCCCC. The van der Waals surface area contributed by atoms with E-state index in [1.165, 1.54) is 128 Å². The average Bonchev–Trinajstić information content (AvgIpc) is 3.22. The van der Waals surface area contributed by atoms with E-state index in [4.69, 9.17) is 9.47 Å². The van der Waals surface area contributed by atoms with Crippen LogP contribution in [0, 0.1) is 0 Å². The van der Waals surface area contributed by atoms with Crippen LogP contribution in [0.15, 0.2) is 85.1 Å². The second-order valence-corrected chi connectivity index (χ2v) is 15.8. The molecule has 328 valence electrons. The van der Waals surface area contributed by atoms with Crippen molar-refractivity contribution in [2.45, 2.75) is 225 Å². The fourth-order valence-corrected chi connectivity index (χ4v) is 6.62. The molecule has 0 aromatic heterocycles. The first-order valence-corrected chi connectivity index (χ1v) is 24.2.